The molecule has 0 fully saturated rings. The summed E-state index contributed by atoms with van der Waals surface area (Å²) in [6.45, 7) is -0.394. The Kier molecular flexibility index (Phi) is 5.28. The van der Waals surface area contributed by atoms with Gasteiger partial charge in [0.05, 0.1) is 16.2 Å². The van der Waals surface area contributed by atoms with Crippen LogP contribution in [0.1, 0.15) is 10.4 Å². The highest BCUT2D eigenvalue weighted by Crippen LogP contribution is 2.18. The summed E-state index contributed by atoms with van der Waals surface area (Å²) in [5.74, 6) is -1.93. The van der Waals surface area contributed by atoms with Crippen LogP contribution in [0.4, 0.5) is 5.69 Å². The summed E-state index contributed by atoms with van der Waals surface area (Å²) in [7, 11) is -6.53. The number of hydrogen-bond acceptors (Lipinski definition) is 6. The van der Waals surface area contributed by atoms with Crippen LogP contribution in [0.5, 0.6) is 0 Å². The fourth-order valence-electron chi connectivity index (χ4n) is 1.44. The Labute approximate surface area is 122 Å². The summed E-state index contributed by atoms with van der Waals surface area (Å²) in [6.07, 6.45) is 0. The van der Waals surface area contributed by atoms with Gasteiger partial charge in [0.25, 0.3) is 0 Å². The van der Waals surface area contributed by atoms with E-state index in [9.17, 15) is 21.6 Å². The van der Waals surface area contributed by atoms with Crippen LogP contribution in [0.15, 0.2) is 23.1 Å². The molecule has 0 saturated carbocycles. The maximum absolute atomic E-state index is 12.0. The van der Waals surface area contributed by atoms with Crippen LogP contribution in [0, 0.1) is 0 Å². The first-order valence-corrected chi connectivity index (χ1v) is 8.76. The number of aromatic carboxylic acids is 1. The molecule has 5 N–H and O–H groups in total. The van der Waals surface area contributed by atoms with Crippen LogP contribution in [-0.4, -0.2) is 47.3 Å². The standard InChI is InChI=1S/C10H15N3O6S2/c1-12-20(16,17)5-4-13-21(18,19)9-3-2-7(11)6-8(9)10(14)15/h2-3,6,12-13H,4-5,11H2,1H3,(H,14,15). The van der Waals surface area contributed by atoms with Crippen molar-refractivity contribution in [1.82, 2.24) is 9.44 Å². The number of benzene rings is 1. The van der Waals surface area contributed by atoms with Crippen molar-refractivity contribution in [1.29, 1.82) is 0 Å². The molecule has 9 nitrogen and oxygen atoms in total. The summed E-state index contributed by atoms with van der Waals surface area (Å²) >= 11 is 0. The van der Waals surface area contributed by atoms with E-state index in [-0.39, 0.29) is 5.69 Å². The van der Waals surface area contributed by atoms with Gasteiger partial charge >= 0.3 is 5.97 Å². The number of nitrogen functional groups attached to an aromatic ring is 1. The van der Waals surface area contributed by atoms with Crippen molar-refractivity contribution in [2.45, 2.75) is 4.90 Å². The molecule has 0 aromatic heterocycles. The molecule has 1 aromatic carbocycles. The van der Waals surface area contributed by atoms with Crippen molar-refractivity contribution in [3.05, 3.63) is 23.8 Å². The molecular weight excluding hydrogens is 322 g/mol. The number of carboxylic acids is 1. The van der Waals surface area contributed by atoms with E-state index in [1.807, 2.05) is 9.44 Å². The van der Waals surface area contributed by atoms with Crippen molar-refractivity contribution < 1.29 is 26.7 Å². The lowest BCUT2D eigenvalue weighted by Gasteiger charge is -2.10. The molecule has 0 spiro atoms. The second-order valence-corrected chi connectivity index (χ2v) is 7.76. The monoisotopic (exact) mass is 337 g/mol. The zero-order valence-corrected chi connectivity index (χ0v) is 12.7. The van der Waals surface area contributed by atoms with Gasteiger partial charge in [-0.25, -0.2) is 31.1 Å². The maximum Gasteiger partial charge on any atom is 0.337 e. The normalized spacial score (nSPS) is 12.2. The zero-order valence-electron chi connectivity index (χ0n) is 11.0. The summed E-state index contributed by atoms with van der Waals surface area (Å²) in [6, 6.07) is 3.31. The number of hydrogen-bond donors (Lipinski definition) is 4. The number of nitrogens with one attached hydrogen (secondary N) is 2. The lowest BCUT2D eigenvalue weighted by Crippen LogP contribution is -2.33. The molecule has 1 rings (SSSR count). The van der Waals surface area contributed by atoms with Crippen molar-refractivity contribution in [2.24, 2.45) is 0 Å². The topological polar surface area (TPSA) is 156 Å². The van der Waals surface area contributed by atoms with Crippen molar-refractivity contribution in [3.8, 4) is 0 Å². The molecule has 1 aromatic rings. The van der Waals surface area contributed by atoms with Gasteiger partial charge in [0.15, 0.2) is 0 Å². The molecule has 21 heavy (non-hydrogen) atoms. The van der Waals surface area contributed by atoms with Crippen LogP contribution in [0.3, 0.4) is 0 Å². The van der Waals surface area contributed by atoms with E-state index in [1.54, 1.807) is 0 Å². The molecule has 118 valence electrons. The number of anilines is 1. The van der Waals surface area contributed by atoms with Crippen LogP contribution in [0.2, 0.25) is 0 Å². The SMILES string of the molecule is CNS(=O)(=O)CCNS(=O)(=O)c1ccc(N)cc1C(=O)O. The molecule has 0 heterocycles. The number of sulfonamides is 2. The van der Waals surface area contributed by atoms with Crippen molar-refractivity contribution in [3.63, 3.8) is 0 Å². The first kappa shape index (κ1) is 17.4. The Balaban J connectivity index is 3.01. The molecule has 0 amide bonds. The Morgan fingerprint density at radius 2 is 1.90 bits per heavy atom. The molecule has 0 atom stereocenters. The minimum Gasteiger partial charge on any atom is -0.478 e. The van der Waals surface area contributed by atoms with E-state index < -0.39 is 48.8 Å². The molecule has 11 heteroatoms. The average molecular weight is 337 g/mol. The first-order chi connectivity index (χ1) is 9.59. The third-order valence-electron chi connectivity index (χ3n) is 2.50. The van der Waals surface area contributed by atoms with Crippen LogP contribution < -0.4 is 15.2 Å². The molecule has 0 radical (unpaired) electrons. The summed E-state index contributed by atoms with van der Waals surface area (Å²) in [5.41, 5.74) is 5.03. The Bertz CT molecular complexity index is 742. The highest BCUT2D eigenvalue weighted by atomic mass is 32.2. The third-order valence-corrected chi connectivity index (χ3v) is 5.38. The van der Waals surface area contributed by atoms with E-state index in [2.05, 4.69) is 0 Å². The lowest BCUT2D eigenvalue weighted by atomic mass is 10.2. The zero-order chi connectivity index (χ0) is 16.3. The van der Waals surface area contributed by atoms with Gasteiger partial charge in [-0.05, 0) is 25.2 Å². The average Bonchev–Trinajstić information content (AvgIpc) is 2.37. The number of nitrogens with two attached hydrogens (primary N) is 1. The van der Waals surface area contributed by atoms with E-state index in [0.29, 0.717) is 0 Å². The molecule has 0 aliphatic carbocycles. The number of carboxylic acid groups (broad SMARTS) is 1. The van der Waals surface area contributed by atoms with Gasteiger partial charge in [0, 0.05) is 12.2 Å². The van der Waals surface area contributed by atoms with Crippen LogP contribution in [0.25, 0.3) is 0 Å². The van der Waals surface area contributed by atoms with E-state index in [4.69, 9.17) is 10.8 Å². The maximum atomic E-state index is 12.0. The Morgan fingerprint density at radius 3 is 2.43 bits per heavy atom. The molecule has 0 bridgehead atoms. The van der Waals surface area contributed by atoms with Gasteiger partial charge in [-0.3, -0.25) is 0 Å². The quantitative estimate of drug-likeness (QED) is 0.455. The minimum absolute atomic E-state index is 0.101. The minimum atomic E-state index is -4.16. The Morgan fingerprint density at radius 1 is 1.29 bits per heavy atom. The molecule has 0 unspecified atom stereocenters. The largest absolute Gasteiger partial charge is 0.478 e. The number of rotatable bonds is 7. The molecule has 0 aliphatic heterocycles. The molecule has 0 saturated heterocycles. The fraction of sp³-hybridized carbons (Fsp3) is 0.300. The van der Waals surface area contributed by atoms with Gasteiger partial charge in [0.2, 0.25) is 20.0 Å². The molecular formula is C10H15N3O6S2. The Hall–Kier alpha value is -1.69. The highest BCUT2D eigenvalue weighted by molar-refractivity contribution is 7.90. The first-order valence-electron chi connectivity index (χ1n) is 5.63. The van der Waals surface area contributed by atoms with Crippen molar-refractivity contribution in [2.75, 3.05) is 25.1 Å². The van der Waals surface area contributed by atoms with Crippen LogP contribution >= 0.6 is 0 Å². The second kappa shape index (κ2) is 6.39. The smallest absolute Gasteiger partial charge is 0.337 e. The van der Waals surface area contributed by atoms with E-state index >= 15 is 0 Å². The van der Waals surface area contributed by atoms with Gasteiger partial charge in [0.1, 0.15) is 0 Å². The highest BCUT2D eigenvalue weighted by Gasteiger charge is 2.22. The summed E-state index contributed by atoms with van der Waals surface area (Å²) < 4.78 is 50.5. The van der Waals surface area contributed by atoms with Crippen LogP contribution in [-0.2, 0) is 20.0 Å². The van der Waals surface area contributed by atoms with E-state index in [0.717, 1.165) is 12.1 Å². The van der Waals surface area contributed by atoms with Crippen molar-refractivity contribution >= 4 is 31.7 Å². The molecule has 0 aliphatic rings. The predicted octanol–water partition coefficient (Wildman–Crippen LogP) is -1.21. The van der Waals surface area contributed by atoms with Gasteiger partial charge < -0.3 is 10.8 Å². The van der Waals surface area contributed by atoms with Gasteiger partial charge in [-0.1, -0.05) is 0 Å². The summed E-state index contributed by atoms with van der Waals surface area (Å²) in [5, 5.41) is 8.99. The second-order valence-electron chi connectivity index (χ2n) is 3.98. The van der Waals surface area contributed by atoms with Gasteiger partial charge in [-0.2, -0.15) is 0 Å². The predicted molar refractivity (Wildman–Crippen MR) is 75.8 cm³/mol. The number of carbonyl (C=O) groups is 1. The summed E-state index contributed by atoms with van der Waals surface area (Å²) in [4.78, 5) is 10.6. The lowest BCUT2D eigenvalue weighted by molar-refractivity contribution is 0.0692. The van der Waals surface area contributed by atoms with Gasteiger partial charge in [-0.15, -0.1) is 0 Å². The fourth-order valence-corrected chi connectivity index (χ4v) is 3.35. The third kappa shape index (κ3) is 4.67. The van der Waals surface area contributed by atoms with E-state index in [1.165, 1.54) is 13.1 Å².